The van der Waals surface area contributed by atoms with Crippen LogP contribution in [0.4, 0.5) is 15.8 Å². The fraction of sp³-hybridized carbons (Fsp3) is 0.200. The molecule has 0 fully saturated rings. The Bertz CT molecular complexity index is 619. The molecule has 0 aliphatic carbocycles. The van der Waals surface area contributed by atoms with Gasteiger partial charge in [-0.3, -0.25) is 0 Å². The molecule has 20 heavy (non-hydrogen) atoms. The Hall–Kier alpha value is -1.94. The zero-order valence-electron chi connectivity index (χ0n) is 11.4. The summed E-state index contributed by atoms with van der Waals surface area (Å²) in [6.07, 6.45) is 0. The fourth-order valence-corrected chi connectivity index (χ4v) is 2.14. The van der Waals surface area contributed by atoms with Gasteiger partial charge in [0.05, 0.1) is 18.5 Å². The fourth-order valence-electron chi connectivity index (χ4n) is 1.97. The van der Waals surface area contributed by atoms with Crippen LogP contribution in [0.15, 0.2) is 36.4 Å². The van der Waals surface area contributed by atoms with Crippen LogP contribution in [-0.2, 0) is 6.54 Å². The minimum atomic E-state index is -0.309. The molecule has 0 atom stereocenters. The Morgan fingerprint density at radius 3 is 2.65 bits per heavy atom. The Morgan fingerprint density at radius 2 is 2.00 bits per heavy atom. The summed E-state index contributed by atoms with van der Waals surface area (Å²) >= 11 is 5.96. The number of hydrogen-bond acceptors (Lipinski definition) is 3. The van der Waals surface area contributed by atoms with E-state index in [9.17, 15) is 4.39 Å². The van der Waals surface area contributed by atoms with Crippen LogP contribution >= 0.6 is 11.6 Å². The van der Waals surface area contributed by atoms with Crippen LogP contribution in [0.25, 0.3) is 0 Å². The van der Waals surface area contributed by atoms with E-state index in [4.69, 9.17) is 22.1 Å². The van der Waals surface area contributed by atoms with Gasteiger partial charge < -0.3 is 15.4 Å². The summed E-state index contributed by atoms with van der Waals surface area (Å²) < 4.78 is 18.9. The van der Waals surface area contributed by atoms with Gasteiger partial charge >= 0.3 is 0 Å². The summed E-state index contributed by atoms with van der Waals surface area (Å²) in [5.41, 5.74) is 7.85. The van der Waals surface area contributed by atoms with Crippen molar-refractivity contribution >= 4 is 23.0 Å². The second-order valence-electron chi connectivity index (χ2n) is 4.52. The van der Waals surface area contributed by atoms with Gasteiger partial charge in [-0.2, -0.15) is 0 Å². The lowest BCUT2D eigenvalue weighted by Gasteiger charge is -2.22. The minimum absolute atomic E-state index is 0.309. The molecule has 2 N–H and O–H groups in total. The number of anilines is 2. The van der Waals surface area contributed by atoms with Crippen LogP contribution in [0, 0.1) is 5.82 Å². The number of halogens is 2. The van der Waals surface area contributed by atoms with E-state index in [1.54, 1.807) is 30.3 Å². The van der Waals surface area contributed by atoms with E-state index in [-0.39, 0.29) is 5.82 Å². The minimum Gasteiger partial charge on any atom is -0.497 e. The first-order valence-electron chi connectivity index (χ1n) is 6.10. The normalized spacial score (nSPS) is 10.4. The molecule has 2 aromatic carbocycles. The molecule has 0 radical (unpaired) electrons. The van der Waals surface area contributed by atoms with Gasteiger partial charge in [-0.25, -0.2) is 4.39 Å². The van der Waals surface area contributed by atoms with Crippen LogP contribution in [0.3, 0.4) is 0 Å². The molecule has 0 spiro atoms. The molecule has 3 nitrogen and oxygen atoms in total. The van der Waals surface area contributed by atoms with Crippen LogP contribution in [-0.4, -0.2) is 14.2 Å². The van der Waals surface area contributed by atoms with E-state index in [0.29, 0.717) is 28.6 Å². The summed E-state index contributed by atoms with van der Waals surface area (Å²) in [6, 6.07) is 10.0. The number of rotatable bonds is 4. The third kappa shape index (κ3) is 3.14. The number of methoxy groups -OCH3 is 1. The van der Waals surface area contributed by atoms with Crippen LogP contribution in [0.1, 0.15) is 5.56 Å². The summed E-state index contributed by atoms with van der Waals surface area (Å²) in [4.78, 5) is 1.85. The van der Waals surface area contributed by atoms with E-state index in [2.05, 4.69) is 0 Å². The molecule has 2 aromatic rings. The first-order valence-corrected chi connectivity index (χ1v) is 6.47. The summed E-state index contributed by atoms with van der Waals surface area (Å²) in [5, 5.41) is 0.594. The number of ether oxygens (including phenoxy) is 1. The molecule has 106 valence electrons. The Kier molecular flexibility index (Phi) is 4.35. The van der Waals surface area contributed by atoms with Crippen molar-refractivity contribution < 1.29 is 9.13 Å². The highest BCUT2D eigenvalue weighted by atomic mass is 35.5. The largest absolute Gasteiger partial charge is 0.497 e. The van der Waals surface area contributed by atoms with Crippen molar-refractivity contribution in [2.24, 2.45) is 0 Å². The zero-order valence-corrected chi connectivity index (χ0v) is 12.1. The maximum Gasteiger partial charge on any atom is 0.131 e. The predicted octanol–water partition coefficient (Wildman–Crippen LogP) is 3.71. The monoisotopic (exact) mass is 294 g/mol. The molecule has 0 unspecified atom stereocenters. The lowest BCUT2D eigenvalue weighted by Crippen LogP contribution is -2.18. The van der Waals surface area contributed by atoms with Crippen molar-refractivity contribution in [3.05, 3.63) is 52.8 Å². The number of nitrogen functional groups attached to an aromatic ring is 1. The molecular weight excluding hydrogens is 279 g/mol. The van der Waals surface area contributed by atoms with Gasteiger partial charge in [-0.05, 0) is 24.3 Å². The standard InChI is InChI=1S/C15H16ClFN2O/c1-19(15-7-11(16)4-6-14(15)18)9-10-3-5-12(20-2)8-13(10)17/h3-8H,9,18H2,1-2H3. The SMILES string of the molecule is COc1ccc(CN(C)c2cc(Cl)ccc2N)c(F)c1. The third-order valence-electron chi connectivity index (χ3n) is 3.07. The summed E-state index contributed by atoms with van der Waals surface area (Å²) in [5.74, 6) is 0.188. The summed E-state index contributed by atoms with van der Waals surface area (Å²) in [6.45, 7) is 0.389. The zero-order chi connectivity index (χ0) is 14.7. The van der Waals surface area contributed by atoms with Crippen LogP contribution in [0.5, 0.6) is 5.75 Å². The number of hydrogen-bond donors (Lipinski definition) is 1. The molecule has 0 heterocycles. The van der Waals surface area contributed by atoms with Crippen LogP contribution in [0.2, 0.25) is 5.02 Å². The van der Waals surface area contributed by atoms with Gasteiger partial charge in [0.2, 0.25) is 0 Å². The highest BCUT2D eigenvalue weighted by Crippen LogP contribution is 2.28. The first-order chi connectivity index (χ1) is 9.51. The second-order valence-corrected chi connectivity index (χ2v) is 4.95. The van der Waals surface area contributed by atoms with Crippen molar-refractivity contribution in [1.82, 2.24) is 0 Å². The second kappa shape index (κ2) is 6.01. The van der Waals surface area contributed by atoms with E-state index in [1.165, 1.54) is 13.2 Å². The average molecular weight is 295 g/mol. The van der Waals surface area contributed by atoms with E-state index in [1.807, 2.05) is 11.9 Å². The van der Waals surface area contributed by atoms with Gasteiger partial charge in [-0.15, -0.1) is 0 Å². The molecule has 0 saturated heterocycles. The lowest BCUT2D eigenvalue weighted by atomic mass is 10.1. The molecule has 0 aliphatic rings. The Balaban J connectivity index is 2.23. The first kappa shape index (κ1) is 14.5. The van der Waals surface area contributed by atoms with E-state index >= 15 is 0 Å². The average Bonchev–Trinajstić information content (AvgIpc) is 2.43. The van der Waals surface area contributed by atoms with Crippen LogP contribution < -0.4 is 15.4 Å². The molecule has 0 aromatic heterocycles. The molecule has 5 heteroatoms. The van der Waals surface area contributed by atoms with Crippen molar-refractivity contribution in [1.29, 1.82) is 0 Å². The van der Waals surface area contributed by atoms with Gasteiger partial charge in [0.1, 0.15) is 11.6 Å². The van der Waals surface area contributed by atoms with Gasteiger partial charge in [0.15, 0.2) is 0 Å². The van der Waals surface area contributed by atoms with Crippen molar-refractivity contribution in [2.45, 2.75) is 6.54 Å². The van der Waals surface area contributed by atoms with Gasteiger partial charge in [0.25, 0.3) is 0 Å². The van der Waals surface area contributed by atoms with Gasteiger partial charge in [0, 0.05) is 30.2 Å². The van der Waals surface area contributed by atoms with Gasteiger partial charge in [-0.1, -0.05) is 17.7 Å². The van der Waals surface area contributed by atoms with Crippen molar-refractivity contribution in [3.8, 4) is 5.75 Å². The summed E-state index contributed by atoms with van der Waals surface area (Å²) in [7, 11) is 3.35. The smallest absolute Gasteiger partial charge is 0.131 e. The Labute approximate surface area is 122 Å². The third-order valence-corrected chi connectivity index (χ3v) is 3.31. The highest BCUT2D eigenvalue weighted by Gasteiger charge is 2.10. The van der Waals surface area contributed by atoms with E-state index < -0.39 is 0 Å². The number of benzene rings is 2. The van der Waals surface area contributed by atoms with E-state index in [0.717, 1.165) is 5.69 Å². The molecule has 2 rings (SSSR count). The van der Waals surface area contributed by atoms with Crippen molar-refractivity contribution in [3.63, 3.8) is 0 Å². The maximum absolute atomic E-state index is 13.9. The topological polar surface area (TPSA) is 38.5 Å². The number of nitrogens with two attached hydrogens (primary N) is 1. The Morgan fingerprint density at radius 1 is 1.25 bits per heavy atom. The molecule has 0 amide bonds. The number of nitrogens with zero attached hydrogens (tertiary/aromatic N) is 1. The van der Waals surface area contributed by atoms with Crippen molar-refractivity contribution in [2.75, 3.05) is 24.8 Å². The highest BCUT2D eigenvalue weighted by molar-refractivity contribution is 6.31. The lowest BCUT2D eigenvalue weighted by molar-refractivity contribution is 0.410. The molecular formula is C15H16ClFN2O. The predicted molar refractivity (Wildman–Crippen MR) is 80.9 cm³/mol. The quantitative estimate of drug-likeness (QED) is 0.874. The molecule has 0 saturated carbocycles. The molecule has 0 bridgehead atoms. The maximum atomic E-state index is 13.9. The molecule has 0 aliphatic heterocycles.